The van der Waals surface area contributed by atoms with Crippen molar-refractivity contribution in [3.63, 3.8) is 0 Å². The van der Waals surface area contributed by atoms with E-state index in [9.17, 15) is 3.57 Å². The van der Waals surface area contributed by atoms with Gasteiger partial charge in [-0.25, -0.2) is 0 Å². The van der Waals surface area contributed by atoms with Gasteiger partial charge in [0, 0.05) is 0 Å². The molecule has 0 saturated heterocycles. The maximum atomic E-state index is 10.7. The molecule has 1 aromatic rings. The van der Waals surface area contributed by atoms with Crippen LogP contribution in [0.25, 0.3) is 0 Å². The van der Waals surface area contributed by atoms with Gasteiger partial charge in [-0.15, -0.1) is 0 Å². The monoisotopic (exact) mass is 191 g/mol. The molecule has 0 fully saturated rings. The van der Waals surface area contributed by atoms with E-state index in [2.05, 4.69) is 15.6 Å². The molecule has 0 radical (unpaired) electrons. The average Bonchev–Trinajstić information content (AvgIpc) is 1.90. The van der Waals surface area contributed by atoms with E-state index in [4.69, 9.17) is 0 Å². The predicted molar refractivity (Wildman–Crippen MR) is 33.5 cm³/mol. The molecule has 0 saturated carbocycles. The zero-order valence-corrected chi connectivity index (χ0v) is 8.68. The van der Waals surface area contributed by atoms with Crippen LogP contribution in [0.3, 0.4) is 0 Å². The predicted octanol–water partition coefficient (Wildman–Crippen LogP) is 0.515. The summed E-state index contributed by atoms with van der Waals surface area (Å²) >= 11 is -2.79. The summed E-state index contributed by atoms with van der Waals surface area (Å²) in [6.07, 6.45) is 1.63. The first-order valence-corrected chi connectivity index (χ1v) is 10.0. The third kappa shape index (κ3) is 1.96. The molecule has 0 aliphatic rings. The quantitative estimate of drug-likeness (QED) is 0.519. The van der Waals surface area contributed by atoms with Crippen LogP contribution in [0.15, 0.2) is 24.4 Å². The topological polar surface area (TPSA) is 30.0 Å². The van der Waals surface area contributed by atoms with Crippen molar-refractivity contribution in [2.24, 2.45) is 0 Å². The molecular formula is C5H5NOSZn. The van der Waals surface area contributed by atoms with Gasteiger partial charge in [0.2, 0.25) is 0 Å². The summed E-state index contributed by atoms with van der Waals surface area (Å²) in [6, 6.07) is 5.37. The van der Waals surface area contributed by atoms with Crippen LogP contribution in [0.1, 0.15) is 0 Å². The van der Waals surface area contributed by atoms with Gasteiger partial charge in [-0.1, -0.05) is 0 Å². The summed E-state index contributed by atoms with van der Waals surface area (Å²) in [5, 5.41) is 0. The molecule has 0 amide bonds. The minimum absolute atomic E-state index is 0.681. The molecule has 0 bridgehead atoms. The Labute approximate surface area is 62.7 Å². The minimum atomic E-state index is -2.79. The number of nitrogens with zero attached hydrogens (tertiary/aromatic N) is 1. The van der Waals surface area contributed by atoms with Gasteiger partial charge in [0.15, 0.2) is 0 Å². The fourth-order valence-electron chi connectivity index (χ4n) is 0.577. The molecule has 44 valence electrons. The second-order valence-electron chi connectivity index (χ2n) is 1.75. The molecule has 0 aliphatic carbocycles. The van der Waals surface area contributed by atoms with Crippen LogP contribution >= 0.6 is 10.6 Å². The van der Waals surface area contributed by atoms with Gasteiger partial charge < -0.3 is 0 Å². The maximum absolute atomic E-state index is 10.7. The fraction of sp³-hybridized carbons (Fsp3) is 0. The molecule has 0 aromatic carbocycles. The first kappa shape index (κ1) is 7.04. The third-order valence-electron chi connectivity index (χ3n) is 1.04. The third-order valence-corrected chi connectivity index (χ3v) is 4.90. The molecule has 0 aliphatic heterocycles. The molecule has 2 nitrogen and oxygen atoms in total. The number of aromatic nitrogens is 1. The van der Waals surface area contributed by atoms with E-state index < -0.39 is 14.7 Å². The molecule has 0 atom stereocenters. The van der Waals surface area contributed by atoms with Crippen molar-refractivity contribution in [2.75, 3.05) is 0 Å². The van der Waals surface area contributed by atoms with Crippen LogP contribution in [0.5, 0.6) is 0 Å². The first-order chi connectivity index (χ1) is 4.30. The van der Waals surface area contributed by atoms with Crippen molar-refractivity contribution in [3.8, 4) is 0 Å². The van der Waals surface area contributed by atoms with E-state index in [-0.39, 0.29) is 0 Å². The van der Waals surface area contributed by atoms with E-state index >= 15 is 0 Å². The molecular weight excluding hydrogens is 188 g/mol. The van der Waals surface area contributed by atoms with E-state index in [0.29, 0.717) is 4.29 Å². The number of hydrogen-bond donors (Lipinski definition) is 1. The van der Waals surface area contributed by atoms with Crippen LogP contribution in [0.4, 0.5) is 0 Å². The Balaban J connectivity index is 2.98. The van der Waals surface area contributed by atoms with Gasteiger partial charge in [-0.05, 0) is 0 Å². The number of thiol groups is 1. The first-order valence-electron chi connectivity index (χ1n) is 2.73. The molecule has 0 spiro atoms. The van der Waals surface area contributed by atoms with E-state index in [1.807, 2.05) is 6.07 Å². The fourth-order valence-corrected chi connectivity index (χ4v) is 2.81. The summed E-state index contributed by atoms with van der Waals surface area (Å²) in [4.78, 5) is 3.88. The van der Waals surface area contributed by atoms with Crippen LogP contribution in [0.2, 0.25) is 0 Å². The van der Waals surface area contributed by atoms with Crippen LogP contribution in [-0.4, -0.2) is 4.98 Å². The van der Waals surface area contributed by atoms with Crippen molar-refractivity contribution in [1.29, 1.82) is 0 Å². The van der Waals surface area contributed by atoms with Gasteiger partial charge in [-0.3, -0.25) is 0 Å². The van der Waals surface area contributed by atoms with Crippen molar-refractivity contribution < 1.29 is 18.3 Å². The zero-order chi connectivity index (χ0) is 6.69. The Morgan fingerprint density at radius 1 is 1.56 bits per heavy atom. The van der Waals surface area contributed by atoms with Crippen LogP contribution in [0, 0.1) is 0 Å². The molecule has 4 heteroatoms. The van der Waals surface area contributed by atoms with Crippen molar-refractivity contribution in [3.05, 3.63) is 24.4 Å². The van der Waals surface area contributed by atoms with Gasteiger partial charge in [0.25, 0.3) is 0 Å². The molecule has 1 heterocycles. The molecule has 0 N–H and O–H groups in total. The second kappa shape index (κ2) is 3.18. The Morgan fingerprint density at radius 2 is 2.33 bits per heavy atom. The number of hydrogen-bond acceptors (Lipinski definition) is 2. The summed E-state index contributed by atoms with van der Waals surface area (Å²) in [7, 11) is 3.88. The standard InChI is InChI=1S/C5H4N.O.H2S.Zn/c1-2-4-6-5-3-1;;;/h1-4H;;1H2;/q;;;+1/p-1. The molecule has 1 aromatic heterocycles. The number of rotatable bonds is 1. The summed E-state index contributed by atoms with van der Waals surface area (Å²) < 4.78 is 11.4. The van der Waals surface area contributed by atoms with Gasteiger partial charge in [0.05, 0.1) is 0 Å². The molecule has 1 rings (SSSR count). The Kier molecular flexibility index (Phi) is 2.49. The second-order valence-corrected chi connectivity index (χ2v) is 8.07. The average molecular weight is 193 g/mol. The Bertz CT molecular complexity index is 213. The van der Waals surface area contributed by atoms with Crippen LogP contribution < -0.4 is 4.29 Å². The summed E-state index contributed by atoms with van der Waals surface area (Å²) in [5.74, 6) is 0. The normalized spacial score (nSPS) is 8.00. The zero-order valence-electron chi connectivity index (χ0n) is 4.82. The van der Waals surface area contributed by atoms with Crippen LogP contribution in [-0.2, 0) is 18.3 Å². The van der Waals surface area contributed by atoms with Gasteiger partial charge in [0.1, 0.15) is 0 Å². The van der Waals surface area contributed by atoms with Crippen molar-refractivity contribution >= 4 is 14.9 Å². The van der Waals surface area contributed by atoms with Gasteiger partial charge >= 0.3 is 62.5 Å². The molecule has 0 unspecified atom stereocenters. The van der Waals surface area contributed by atoms with Crippen molar-refractivity contribution in [2.45, 2.75) is 0 Å². The summed E-state index contributed by atoms with van der Waals surface area (Å²) in [5.41, 5.74) is 0. The SMILES string of the molecule is [O]=[Zn]([SH])[c]1ccccn1. The Morgan fingerprint density at radius 3 is 2.67 bits per heavy atom. The van der Waals surface area contributed by atoms with E-state index in [1.165, 1.54) is 0 Å². The molecule has 9 heavy (non-hydrogen) atoms. The van der Waals surface area contributed by atoms with E-state index in [1.54, 1.807) is 18.3 Å². The number of pyridine rings is 1. The van der Waals surface area contributed by atoms with E-state index in [0.717, 1.165) is 0 Å². The van der Waals surface area contributed by atoms with Crippen molar-refractivity contribution in [1.82, 2.24) is 4.98 Å². The summed E-state index contributed by atoms with van der Waals surface area (Å²) in [6.45, 7) is 0. The van der Waals surface area contributed by atoms with Gasteiger partial charge in [-0.2, -0.15) is 0 Å². The Hall–Kier alpha value is -0.0766.